The normalized spacial score (nSPS) is 10.3. The maximum absolute atomic E-state index is 13.7. The van der Waals surface area contributed by atoms with E-state index in [2.05, 4.69) is 10.3 Å². The molecular weight excluding hydrogens is 252 g/mol. The van der Waals surface area contributed by atoms with Crippen molar-refractivity contribution in [1.82, 2.24) is 4.98 Å². The summed E-state index contributed by atoms with van der Waals surface area (Å²) in [5.41, 5.74) is 5.60. The van der Waals surface area contributed by atoms with Crippen molar-refractivity contribution in [3.8, 4) is 0 Å². The van der Waals surface area contributed by atoms with Crippen molar-refractivity contribution in [2.24, 2.45) is 0 Å². The molecule has 0 spiro atoms. The highest BCUT2D eigenvalue weighted by Gasteiger charge is 2.15. The molecule has 0 radical (unpaired) electrons. The molecule has 1 amide bonds. The highest BCUT2D eigenvalue weighted by Crippen LogP contribution is 2.22. The second-order valence-corrected chi connectivity index (χ2v) is 3.98. The number of anilines is 2. The summed E-state index contributed by atoms with van der Waals surface area (Å²) in [5.74, 6) is -2.35. The molecule has 0 saturated heterocycles. The number of nitrogens with one attached hydrogen (secondary N) is 1. The van der Waals surface area contributed by atoms with Crippen molar-refractivity contribution in [3.05, 3.63) is 53.4 Å². The number of carbonyl (C=O) groups is 1. The van der Waals surface area contributed by atoms with Gasteiger partial charge in [-0.1, -0.05) is 6.07 Å². The average Bonchev–Trinajstić information content (AvgIpc) is 2.40. The number of amides is 1. The monoisotopic (exact) mass is 263 g/mol. The van der Waals surface area contributed by atoms with Gasteiger partial charge >= 0.3 is 0 Å². The number of hydrogen-bond donors (Lipinski definition) is 2. The van der Waals surface area contributed by atoms with E-state index >= 15 is 0 Å². The van der Waals surface area contributed by atoms with Crippen LogP contribution in [-0.4, -0.2) is 10.9 Å². The highest BCUT2D eigenvalue weighted by molar-refractivity contribution is 6.03. The largest absolute Gasteiger partial charge is 0.397 e. The zero-order chi connectivity index (χ0) is 14.0. The third-order valence-corrected chi connectivity index (χ3v) is 2.54. The Balaban J connectivity index is 2.29. The molecule has 98 valence electrons. The fourth-order valence-electron chi connectivity index (χ4n) is 1.49. The minimum absolute atomic E-state index is 0.0227. The van der Waals surface area contributed by atoms with Gasteiger partial charge in [0.15, 0.2) is 5.82 Å². The van der Waals surface area contributed by atoms with Crippen molar-refractivity contribution in [2.45, 2.75) is 6.92 Å². The fourth-order valence-corrected chi connectivity index (χ4v) is 1.49. The fraction of sp³-hybridized carbons (Fsp3) is 0.0769. The van der Waals surface area contributed by atoms with E-state index in [-0.39, 0.29) is 11.3 Å². The molecule has 0 fully saturated rings. The van der Waals surface area contributed by atoms with Gasteiger partial charge < -0.3 is 11.1 Å². The van der Waals surface area contributed by atoms with Crippen LogP contribution in [0, 0.1) is 18.6 Å². The van der Waals surface area contributed by atoms with Crippen molar-refractivity contribution < 1.29 is 13.6 Å². The van der Waals surface area contributed by atoms with Crippen molar-refractivity contribution >= 4 is 17.3 Å². The zero-order valence-corrected chi connectivity index (χ0v) is 10.1. The van der Waals surface area contributed by atoms with Gasteiger partial charge in [-0.2, -0.15) is 0 Å². The Morgan fingerprint density at radius 1 is 1.26 bits per heavy atom. The molecule has 0 aliphatic rings. The Morgan fingerprint density at radius 2 is 2.00 bits per heavy atom. The van der Waals surface area contributed by atoms with E-state index in [0.29, 0.717) is 5.69 Å². The lowest BCUT2D eigenvalue weighted by Gasteiger charge is -2.08. The smallest absolute Gasteiger partial charge is 0.274 e. The number of benzene rings is 1. The van der Waals surface area contributed by atoms with E-state index in [1.165, 1.54) is 31.3 Å². The van der Waals surface area contributed by atoms with Gasteiger partial charge in [-0.05, 0) is 30.7 Å². The first-order valence-corrected chi connectivity index (χ1v) is 5.46. The van der Waals surface area contributed by atoms with E-state index in [4.69, 9.17) is 5.73 Å². The predicted octanol–water partition coefficient (Wildman–Crippen LogP) is 2.50. The maximum atomic E-state index is 13.7. The van der Waals surface area contributed by atoms with Crippen molar-refractivity contribution in [3.63, 3.8) is 0 Å². The number of nitrogens with two attached hydrogens (primary N) is 1. The molecule has 0 unspecified atom stereocenters. The molecule has 1 aromatic carbocycles. The summed E-state index contributed by atoms with van der Waals surface area (Å²) in [6.45, 7) is 1.48. The second-order valence-electron chi connectivity index (χ2n) is 3.98. The molecule has 4 nitrogen and oxygen atoms in total. The SMILES string of the molecule is Cc1ccc(F)c(NC(=O)c2ccc(N)cn2)c1F. The van der Waals surface area contributed by atoms with Crippen LogP contribution in [0.25, 0.3) is 0 Å². The molecular formula is C13H11F2N3O. The molecule has 2 aromatic rings. The minimum Gasteiger partial charge on any atom is -0.397 e. The highest BCUT2D eigenvalue weighted by atomic mass is 19.1. The van der Waals surface area contributed by atoms with Gasteiger partial charge in [-0.3, -0.25) is 4.79 Å². The number of carbonyl (C=O) groups excluding carboxylic acids is 1. The Kier molecular flexibility index (Phi) is 3.41. The van der Waals surface area contributed by atoms with Crippen molar-refractivity contribution in [1.29, 1.82) is 0 Å². The van der Waals surface area contributed by atoms with E-state index in [0.717, 1.165) is 6.07 Å². The Bertz CT molecular complexity index is 627. The third-order valence-electron chi connectivity index (χ3n) is 2.54. The summed E-state index contributed by atoms with van der Waals surface area (Å²) >= 11 is 0. The van der Waals surface area contributed by atoms with Gasteiger partial charge in [0, 0.05) is 0 Å². The van der Waals surface area contributed by atoms with Crippen LogP contribution < -0.4 is 11.1 Å². The van der Waals surface area contributed by atoms with Crippen LogP contribution in [0.2, 0.25) is 0 Å². The lowest BCUT2D eigenvalue weighted by Crippen LogP contribution is -2.16. The lowest BCUT2D eigenvalue weighted by atomic mass is 10.2. The molecule has 3 N–H and O–H groups in total. The molecule has 0 aliphatic carbocycles. The van der Waals surface area contributed by atoms with Crippen LogP contribution in [0.1, 0.15) is 16.1 Å². The molecule has 2 rings (SSSR count). The average molecular weight is 263 g/mol. The van der Waals surface area contributed by atoms with Crippen LogP contribution in [-0.2, 0) is 0 Å². The van der Waals surface area contributed by atoms with Crippen LogP contribution in [0.5, 0.6) is 0 Å². The van der Waals surface area contributed by atoms with E-state index < -0.39 is 23.2 Å². The summed E-state index contributed by atoms with van der Waals surface area (Å²) in [7, 11) is 0. The van der Waals surface area contributed by atoms with Crippen LogP contribution >= 0.6 is 0 Å². The molecule has 0 atom stereocenters. The lowest BCUT2D eigenvalue weighted by molar-refractivity contribution is 0.102. The molecule has 1 aromatic heterocycles. The van der Waals surface area contributed by atoms with E-state index in [9.17, 15) is 13.6 Å². The standard InChI is InChI=1S/C13H11F2N3O/c1-7-2-4-9(14)12(11(7)15)18-13(19)10-5-3-8(16)6-17-10/h2-6H,16H2,1H3,(H,18,19). The summed E-state index contributed by atoms with van der Waals surface area (Å²) < 4.78 is 27.2. The topological polar surface area (TPSA) is 68.0 Å². The first-order chi connectivity index (χ1) is 8.99. The van der Waals surface area contributed by atoms with Gasteiger partial charge in [-0.15, -0.1) is 0 Å². The number of nitrogens with zero attached hydrogens (tertiary/aromatic N) is 1. The maximum Gasteiger partial charge on any atom is 0.274 e. The summed E-state index contributed by atoms with van der Waals surface area (Å²) in [6, 6.07) is 5.23. The van der Waals surface area contributed by atoms with Gasteiger partial charge in [0.2, 0.25) is 0 Å². The number of nitrogen functional groups attached to an aromatic ring is 1. The summed E-state index contributed by atoms with van der Waals surface area (Å²) in [6.07, 6.45) is 1.29. The van der Waals surface area contributed by atoms with Gasteiger partial charge in [0.05, 0.1) is 11.9 Å². The van der Waals surface area contributed by atoms with Crippen LogP contribution in [0.4, 0.5) is 20.2 Å². The van der Waals surface area contributed by atoms with Gasteiger partial charge in [0.25, 0.3) is 5.91 Å². The number of hydrogen-bond acceptors (Lipinski definition) is 3. The third kappa shape index (κ3) is 2.67. The molecule has 19 heavy (non-hydrogen) atoms. The number of aryl methyl sites for hydroxylation is 1. The molecule has 0 aliphatic heterocycles. The van der Waals surface area contributed by atoms with Gasteiger partial charge in [-0.25, -0.2) is 13.8 Å². The quantitative estimate of drug-likeness (QED) is 0.874. The molecule has 6 heteroatoms. The summed E-state index contributed by atoms with van der Waals surface area (Å²) in [5, 5.41) is 2.16. The predicted molar refractivity (Wildman–Crippen MR) is 67.7 cm³/mol. The second kappa shape index (κ2) is 5.01. The van der Waals surface area contributed by atoms with Crippen molar-refractivity contribution in [2.75, 3.05) is 11.1 Å². The first kappa shape index (κ1) is 12.9. The Hall–Kier alpha value is -2.50. The summed E-state index contributed by atoms with van der Waals surface area (Å²) in [4.78, 5) is 15.6. The van der Waals surface area contributed by atoms with E-state index in [1.807, 2.05) is 0 Å². The number of pyridine rings is 1. The molecule has 0 bridgehead atoms. The van der Waals surface area contributed by atoms with Gasteiger partial charge in [0.1, 0.15) is 17.2 Å². The minimum atomic E-state index is -0.841. The zero-order valence-electron chi connectivity index (χ0n) is 10.1. The molecule has 0 saturated carbocycles. The molecule has 1 heterocycles. The number of rotatable bonds is 2. The van der Waals surface area contributed by atoms with Crippen LogP contribution in [0.15, 0.2) is 30.5 Å². The Labute approximate surface area is 108 Å². The number of halogens is 2. The Morgan fingerprint density at radius 3 is 2.63 bits per heavy atom. The first-order valence-electron chi connectivity index (χ1n) is 5.46. The van der Waals surface area contributed by atoms with Crippen LogP contribution in [0.3, 0.4) is 0 Å². The number of aromatic nitrogens is 1. The van der Waals surface area contributed by atoms with E-state index in [1.54, 1.807) is 0 Å².